The van der Waals surface area contributed by atoms with Crippen LogP contribution in [0.25, 0.3) is 0 Å². The monoisotopic (exact) mass is 237 g/mol. The maximum absolute atomic E-state index is 11.6. The number of pyridine rings is 1. The molecule has 94 valence electrons. The second kappa shape index (κ2) is 3.58. The van der Waals surface area contributed by atoms with Crippen LogP contribution in [0, 0.1) is 0 Å². The molecule has 5 nitrogen and oxygen atoms in total. The predicted molar refractivity (Wildman–Crippen MR) is 66.5 cm³/mol. The second-order valence-electron chi connectivity index (χ2n) is 5.47. The molecular weight excluding hydrogens is 218 g/mol. The highest BCUT2D eigenvalue weighted by molar-refractivity contribution is 5.42. The Bertz CT molecular complexity index is 475. The molecule has 1 fully saturated rings. The van der Waals surface area contributed by atoms with Crippen molar-refractivity contribution >= 4 is 5.69 Å². The van der Waals surface area contributed by atoms with Gasteiger partial charge in [0.2, 0.25) is 0 Å². The van der Waals surface area contributed by atoms with Crippen LogP contribution >= 0.6 is 0 Å². The van der Waals surface area contributed by atoms with Crippen molar-refractivity contribution in [1.29, 1.82) is 0 Å². The molecule has 0 aromatic carbocycles. The van der Waals surface area contributed by atoms with Crippen LogP contribution < -0.4 is 16.2 Å². The molecule has 1 N–H and O–H groups in total. The molecule has 0 amide bonds. The standard InChI is InChI=1S/C12H19N3O2/c1-11(2)12(3,4)17-15(13-11)9-6-7-14(5)10(16)8-9/h6-8,13H,1-5H3. The summed E-state index contributed by atoms with van der Waals surface area (Å²) in [5.41, 5.74) is 3.36. The Balaban J connectivity index is 2.32. The summed E-state index contributed by atoms with van der Waals surface area (Å²) in [4.78, 5) is 17.4. The number of aryl methyl sites for hydroxylation is 1. The maximum Gasteiger partial charge on any atom is 0.252 e. The minimum absolute atomic E-state index is 0.0598. The minimum Gasteiger partial charge on any atom is -0.318 e. The zero-order valence-electron chi connectivity index (χ0n) is 10.9. The molecule has 2 rings (SSSR count). The van der Waals surface area contributed by atoms with E-state index in [-0.39, 0.29) is 16.7 Å². The second-order valence-corrected chi connectivity index (χ2v) is 5.47. The molecule has 1 aliphatic heterocycles. The van der Waals surface area contributed by atoms with E-state index in [0.29, 0.717) is 5.69 Å². The summed E-state index contributed by atoms with van der Waals surface area (Å²) in [7, 11) is 1.72. The number of rotatable bonds is 1. The van der Waals surface area contributed by atoms with Gasteiger partial charge in [0.25, 0.3) is 5.56 Å². The van der Waals surface area contributed by atoms with E-state index < -0.39 is 0 Å². The zero-order valence-corrected chi connectivity index (χ0v) is 10.9. The molecule has 0 atom stereocenters. The van der Waals surface area contributed by atoms with Gasteiger partial charge < -0.3 is 4.57 Å². The summed E-state index contributed by atoms with van der Waals surface area (Å²) >= 11 is 0. The number of anilines is 1. The summed E-state index contributed by atoms with van der Waals surface area (Å²) in [5, 5.41) is 1.57. The number of aromatic nitrogens is 1. The number of hydrogen-bond acceptors (Lipinski definition) is 4. The number of hydrazine groups is 1. The van der Waals surface area contributed by atoms with E-state index in [1.807, 2.05) is 19.9 Å². The Labute approximate surface area is 101 Å². The number of nitrogens with zero attached hydrogens (tertiary/aromatic N) is 2. The van der Waals surface area contributed by atoms with E-state index in [2.05, 4.69) is 19.3 Å². The van der Waals surface area contributed by atoms with Crippen molar-refractivity contribution < 1.29 is 4.84 Å². The molecule has 1 aromatic rings. The van der Waals surface area contributed by atoms with Gasteiger partial charge in [-0.05, 0) is 33.8 Å². The lowest BCUT2D eigenvalue weighted by molar-refractivity contribution is -0.00696. The van der Waals surface area contributed by atoms with Crippen LogP contribution in [0.5, 0.6) is 0 Å². The molecule has 0 aliphatic carbocycles. The summed E-state index contributed by atoms with van der Waals surface area (Å²) in [6.45, 7) is 8.16. The van der Waals surface area contributed by atoms with E-state index in [1.54, 1.807) is 24.5 Å². The Morgan fingerprint density at radius 3 is 2.41 bits per heavy atom. The largest absolute Gasteiger partial charge is 0.318 e. The van der Waals surface area contributed by atoms with Gasteiger partial charge in [-0.15, -0.1) is 0 Å². The topological polar surface area (TPSA) is 46.5 Å². The van der Waals surface area contributed by atoms with E-state index in [9.17, 15) is 4.79 Å². The van der Waals surface area contributed by atoms with Gasteiger partial charge in [0, 0.05) is 19.3 Å². The van der Waals surface area contributed by atoms with Crippen molar-refractivity contribution in [3.63, 3.8) is 0 Å². The van der Waals surface area contributed by atoms with Crippen molar-refractivity contribution in [1.82, 2.24) is 9.99 Å². The first-order valence-corrected chi connectivity index (χ1v) is 5.67. The number of hydrogen-bond donors (Lipinski definition) is 1. The number of nitrogens with one attached hydrogen (secondary N) is 1. The third-order valence-corrected chi connectivity index (χ3v) is 3.53. The summed E-state index contributed by atoms with van der Waals surface area (Å²) < 4.78 is 1.52. The van der Waals surface area contributed by atoms with Gasteiger partial charge in [0.15, 0.2) is 0 Å². The molecule has 0 spiro atoms. The van der Waals surface area contributed by atoms with Crippen LogP contribution in [0.1, 0.15) is 27.7 Å². The predicted octanol–water partition coefficient (Wildman–Crippen LogP) is 1.20. The molecule has 1 saturated heterocycles. The highest BCUT2D eigenvalue weighted by atomic mass is 16.7. The Hall–Kier alpha value is -1.33. The van der Waals surface area contributed by atoms with E-state index in [0.717, 1.165) is 0 Å². The zero-order chi connectivity index (χ0) is 12.8. The quantitative estimate of drug-likeness (QED) is 0.797. The summed E-state index contributed by atoms with van der Waals surface area (Å²) in [5.74, 6) is 0. The van der Waals surface area contributed by atoms with Crippen molar-refractivity contribution in [2.45, 2.75) is 38.8 Å². The van der Waals surface area contributed by atoms with Crippen LogP contribution in [0.2, 0.25) is 0 Å². The van der Waals surface area contributed by atoms with Crippen molar-refractivity contribution in [3.8, 4) is 0 Å². The molecule has 1 aromatic heterocycles. The van der Waals surface area contributed by atoms with E-state index in [1.165, 1.54) is 4.57 Å². The SMILES string of the molecule is Cn1ccc(N2NC(C)(C)C(C)(C)O2)cc1=O. The fraction of sp³-hybridized carbons (Fsp3) is 0.583. The van der Waals surface area contributed by atoms with E-state index >= 15 is 0 Å². The average Bonchev–Trinajstić information content (AvgIpc) is 2.41. The summed E-state index contributed by atoms with van der Waals surface area (Å²) in [6, 6.07) is 3.39. The highest BCUT2D eigenvalue weighted by Gasteiger charge is 2.47. The van der Waals surface area contributed by atoms with Gasteiger partial charge in [0.1, 0.15) is 5.60 Å². The third kappa shape index (κ3) is 1.96. The lowest BCUT2D eigenvalue weighted by Crippen LogP contribution is -2.49. The normalized spacial score (nSPS) is 21.8. The van der Waals surface area contributed by atoms with Gasteiger partial charge in [0.05, 0.1) is 11.2 Å². The Morgan fingerprint density at radius 1 is 1.29 bits per heavy atom. The first kappa shape index (κ1) is 12.1. The molecule has 0 radical (unpaired) electrons. The van der Waals surface area contributed by atoms with Crippen LogP contribution in [-0.4, -0.2) is 15.7 Å². The first-order chi connectivity index (χ1) is 7.73. The fourth-order valence-electron chi connectivity index (χ4n) is 1.54. The molecule has 5 heteroatoms. The van der Waals surface area contributed by atoms with Crippen molar-refractivity contribution in [2.24, 2.45) is 7.05 Å². The third-order valence-electron chi connectivity index (χ3n) is 3.53. The van der Waals surface area contributed by atoms with Crippen LogP contribution in [0.4, 0.5) is 5.69 Å². The van der Waals surface area contributed by atoms with Gasteiger partial charge >= 0.3 is 0 Å². The molecule has 0 unspecified atom stereocenters. The van der Waals surface area contributed by atoms with Gasteiger partial charge in [-0.3, -0.25) is 4.79 Å². The average molecular weight is 237 g/mol. The van der Waals surface area contributed by atoms with Gasteiger partial charge in [-0.25, -0.2) is 10.3 Å². The minimum atomic E-state index is -0.339. The Kier molecular flexibility index (Phi) is 2.56. The fourth-order valence-corrected chi connectivity index (χ4v) is 1.54. The molecule has 0 saturated carbocycles. The van der Waals surface area contributed by atoms with E-state index in [4.69, 9.17) is 4.84 Å². The van der Waals surface area contributed by atoms with Crippen molar-refractivity contribution in [2.75, 3.05) is 5.17 Å². The lowest BCUT2D eigenvalue weighted by atomic mass is 9.87. The van der Waals surface area contributed by atoms with Crippen LogP contribution in [-0.2, 0) is 11.9 Å². The lowest BCUT2D eigenvalue weighted by Gasteiger charge is -2.28. The van der Waals surface area contributed by atoms with Crippen LogP contribution in [0.15, 0.2) is 23.1 Å². The molecule has 2 heterocycles. The molecule has 17 heavy (non-hydrogen) atoms. The van der Waals surface area contributed by atoms with Gasteiger partial charge in [-0.1, -0.05) is 0 Å². The van der Waals surface area contributed by atoms with Crippen LogP contribution in [0.3, 0.4) is 0 Å². The Morgan fingerprint density at radius 2 is 1.94 bits per heavy atom. The molecular formula is C12H19N3O2. The highest BCUT2D eigenvalue weighted by Crippen LogP contribution is 2.34. The maximum atomic E-state index is 11.6. The smallest absolute Gasteiger partial charge is 0.252 e. The molecule has 0 bridgehead atoms. The first-order valence-electron chi connectivity index (χ1n) is 5.67. The molecule has 1 aliphatic rings. The summed E-state index contributed by atoms with van der Waals surface area (Å²) in [6.07, 6.45) is 1.72. The van der Waals surface area contributed by atoms with Crippen molar-refractivity contribution in [3.05, 3.63) is 28.7 Å². The van der Waals surface area contributed by atoms with Gasteiger partial charge in [-0.2, -0.15) is 5.17 Å².